The van der Waals surface area contributed by atoms with Gasteiger partial charge in [0.05, 0.1) is 13.2 Å². The molecule has 4 nitrogen and oxygen atoms in total. The Morgan fingerprint density at radius 1 is 1.77 bits per heavy atom. The van der Waals surface area contributed by atoms with Crippen LogP contribution in [0.1, 0.15) is 19.8 Å². The van der Waals surface area contributed by atoms with Crippen molar-refractivity contribution in [3.05, 3.63) is 11.8 Å². The SMILES string of the molecule is CC[C@H](O)C[C@@H]1C=C(OC)C(=O)O1. The fraction of sp³-hybridized carbons (Fsp3) is 0.667. The Morgan fingerprint density at radius 2 is 2.46 bits per heavy atom. The first kappa shape index (κ1) is 10.1. The van der Waals surface area contributed by atoms with E-state index in [-0.39, 0.29) is 11.9 Å². The minimum Gasteiger partial charge on any atom is -0.490 e. The Kier molecular flexibility index (Phi) is 3.31. The molecule has 0 saturated carbocycles. The van der Waals surface area contributed by atoms with Crippen LogP contribution in [0.25, 0.3) is 0 Å². The van der Waals surface area contributed by atoms with Gasteiger partial charge in [0.25, 0.3) is 0 Å². The van der Waals surface area contributed by atoms with Crippen molar-refractivity contribution >= 4 is 5.97 Å². The number of carbonyl (C=O) groups is 1. The molecular weight excluding hydrogens is 172 g/mol. The van der Waals surface area contributed by atoms with E-state index < -0.39 is 12.1 Å². The molecule has 1 N–H and O–H groups in total. The first-order chi connectivity index (χ1) is 6.17. The average molecular weight is 186 g/mol. The predicted molar refractivity (Wildman–Crippen MR) is 45.9 cm³/mol. The molecule has 0 aromatic heterocycles. The molecule has 0 radical (unpaired) electrons. The Hall–Kier alpha value is -1.03. The van der Waals surface area contributed by atoms with E-state index >= 15 is 0 Å². The van der Waals surface area contributed by atoms with Crippen LogP contribution >= 0.6 is 0 Å². The molecule has 0 aliphatic carbocycles. The molecule has 1 rings (SSSR count). The van der Waals surface area contributed by atoms with E-state index in [1.165, 1.54) is 7.11 Å². The summed E-state index contributed by atoms with van der Waals surface area (Å²) in [6, 6.07) is 0. The van der Waals surface area contributed by atoms with Gasteiger partial charge in [0.15, 0.2) is 0 Å². The van der Waals surface area contributed by atoms with Gasteiger partial charge in [-0.25, -0.2) is 4.79 Å². The minimum absolute atomic E-state index is 0.230. The topological polar surface area (TPSA) is 55.8 Å². The minimum atomic E-state index is -0.448. The lowest BCUT2D eigenvalue weighted by molar-refractivity contribution is -0.143. The third kappa shape index (κ3) is 2.45. The zero-order chi connectivity index (χ0) is 9.84. The van der Waals surface area contributed by atoms with Crippen LogP contribution in [0.3, 0.4) is 0 Å². The van der Waals surface area contributed by atoms with E-state index in [1.807, 2.05) is 6.92 Å². The Bertz CT molecular complexity index is 222. The monoisotopic (exact) mass is 186 g/mol. The molecule has 74 valence electrons. The molecule has 0 fully saturated rings. The summed E-state index contributed by atoms with van der Waals surface area (Å²) in [5.41, 5.74) is 0. The van der Waals surface area contributed by atoms with Crippen molar-refractivity contribution in [1.82, 2.24) is 0 Å². The number of methoxy groups -OCH3 is 1. The zero-order valence-corrected chi connectivity index (χ0v) is 7.82. The summed E-state index contributed by atoms with van der Waals surface area (Å²) in [6.07, 6.45) is 1.93. The second-order valence-corrected chi connectivity index (χ2v) is 2.98. The third-order valence-electron chi connectivity index (χ3n) is 1.99. The molecule has 0 amide bonds. The number of hydrogen-bond donors (Lipinski definition) is 1. The maximum Gasteiger partial charge on any atom is 0.373 e. The summed E-state index contributed by atoms with van der Waals surface area (Å²) in [5, 5.41) is 9.30. The van der Waals surface area contributed by atoms with Crippen LogP contribution in [0.2, 0.25) is 0 Å². The predicted octanol–water partition coefficient (Wildman–Crippen LogP) is 0.603. The van der Waals surface area contributed by atoms with Gasteiger partial charge in [0, 0.05) is 12.5 Å². The van der Waals surface area contributed by atoms with E-state index in [1.54, 1.807) is 6.08 Å². The maximum absolute atomic E-state index is 11.0. The van der Waals surface area contributed by atoms with Gasteiger partial charge in [-0.05, 0) is 6.42 Å². The number of aliphatic hydroxyl groups is 1. The average Bonchev–Trinajstić information content (AvgIpc) is 2.46. The quantitative estimate of drug-likeness (QED) is 0.653. The highest BCUT2D eigenvalue weighted by Crippen LogP contribution is 2.18. The third-order valence-corrected chi connectivity index (χ3v) is 1.99. The number of carbonyl (C=O) groups excluding carboxylic acids is 1. The van der Waals surface area contributed by atoms with E-state index in [0.29, 0.717) is 12.8 Å². The molecule has 0 aromatic carbocycles. The van der Waals surface area contributed by atoms with Gasteiger partial charge in [-0.3, -0.25) is 0 Å². The van der Waals surface area contributed by atoms with Gasteiger partial charge >= 0.3 is 5.97 Å². The van der Waals surface area contributed by atoms with E-state index in [4.69, 9.17) is 9.47 Å². The van der Waals surface area contributed by atoms with Gasteiger partial charge in [-0.2, -0.15) is 0 Å². The zero-order valence-electron chi connectivity index (χ0n) is 7.82. The van der Waals surface area contributed by atoms with Crippen molar-refractivity contribution in [2.75, 3.05) is 7.11 Å². The molecule has 0 aromatic rings. The molecule has 13 heavy (non-hydrogen) atoms. The molecule has 1 aliphatic heterocycles. The number of esters is 1. The molecule has 0 bridgehead atoms. The molecular formula is C9H14O4. The molecule has 0 unspecified atom stereocenters. The molecule has 2 atom stereocenters. The molecule has 0 spiro atoms. The van der Waals surface area contributed by atoms with Crippen LogP contribution in [0, 0.1) is 0 Å². The van der Waals surface area contributed by atoms with E-state index in [9.17, 15) is 9.90 Å². The fourth-order valence-electron chi connectivity index (χ4n) is 1.17. The van der Waals surface area contributed by atoms with Gasteiger partial charge in [-0.15, -0.1) is 0 Å². The van der Waals surface area contributed by atoms with Crippen molar-refractivity contribution in [3.63, 3.8) is 0 Å². The summed E-state index contributed by atoms with van der Waals surface area (Å²) in [5.74, 6) is -0.218. The lowest BCUT2D eigenvalue weighted by Gasteiger charge is -2.11. The summed E-state index contributed by atoms with van der Waals surface area (Å²) < 4.78 is 9.69. The summed E-state index contributed by atoms with van der Waals surface area (Å²) in [4.78, 5) is 11.0. The fourth-order valence-corrected chi connectivity index (χ4v) is 1.17. The second kappa shape index (κ2) is 4.28. The van der Waals surface area contributed by atoms with E-state index in [2.05, 4.69) is 0 Å². The van der Waals surface area contributed by atoms with Crippen molar-refractivity contribution in [1.29, 1.82) is 0 Å². The van der Waals surface area contributed by atoms with Crippen LogP contribution in [0.5, 0.6) is 0 Å². The van der Waals surface area contributed by atoms with Crippen molar-refractivity contribution < 1.29 is 19.4 Å². The first-order valence-corrected chi connectivity index (χ1v) is 4.32. The van der Waals surface area contributed by atoms with Crippen molar-refractivity contribution in [2.45, 2.75) is 32.0 Å². The van der Waals surface area contributed by atoms with Crippen LogP contribution < -0.4 is 0 Å². The summed E-state index contributed by atoms with van der Waals surface area (Å²) >= 11 is 0. The van der Waals surface area contributed by atoms with Crippen LogP contribution in [0.4, 0.5) is 0 Å². The highest BCUT2D eigenvalue weighted by atomic mass is 16.6. The normalized spacial score (nSPS) is 23.8. The van der Waals surface area contributed by atoms with Gasteiger partial charge in [0.1, 0.15) is 6.10 Å². The number of aliphatic hydroxyl groups excluding tert-OH is 1. The lowest BCUT2D eigenvalue weighted by Crippen LogP contribution is -2.16. The van der Waals surface area contributed by atoms with Gasteiger partial charge < -0.3 is 14.6 Å². The van der Waals surface area contributed by atoms with Crippen LogP contribution in [0.15, 0.2) is 11.8 Å². The molecule has 4 heteroatoms. The first-order valence-electron chi connectivity index (χ1n) is 4.32. The largest absolute Gasteiger partial charge is 0.490 e. The van der Waals surface area contributed by atoms with Gasteiger partial charge in [-0.1, -0.05) is 6.92 Å². The number of rotatable bonds is 4. The Balaban J connectivity index is 2.47. The molecule has 0 saturated heterocycles. The maximum atomic E-state index is 11.0. The summed E-state index contributed by atoms with van der Waals surface area (Å²) in [7, 11) is 1.42. The van der Waals surface area contributed by atoms with Crippen molar-refractivity contribution in [3.8, 4) is 0 Å². The van der Waals surface area contributed by atoms with Crippen molar-refractivity contribution in [2.24, 2.45) is 0 Å². The number of cyclic esters (lactones) is 1. The molecule has 1 aliphatic rings. The number of ether oxygens (including phenoxy) is 2. The summed E-state index contributed by atoms with van der Waals surface area (Å²) in [6.45, 7) is 1.88. The van der Waals surface area contributed by atoms with Gasteiger partial charge in [0.2, 0.25) is 5.76 Å². The standard InChI is InChI=1S/C9H14O4/c1-3-6(10)4-7-5-8(12-2)9(11)13-7/h5-7,10H,3-4H2,1-2H3/t6-,7+/m0/s1. The smallest absolute Gasteiger partial charge is 0.373 e. The van der Waals surface area contributed by atoms with Crippen LogP contribution in [-0.4, -0.2) is 30.4 Å². The lowest BCUT2D eigenvalue weighted by atomic mass is 10.1. The van der Waals surface area contributed by atoms with E-state index in [0.717, 1.165) is 0 Å². The highest BCUT2D eigenvalue weighted by molar-refractivity contribution is 5.88. The van der Waals surface area contributed by atoms with Crippen LogP contribution in [-0.2, 0) is 14.3 Å². The second-order valence-electron chi connectivity index (χ2n) is 2.98. The number of hydrogen-bond acceptors (Lipinski definition) is 4. The Labute approximate surface area is 77.1 Å². The molecule has 1 heterocycles. The highest BCUT2D eigenvalue weighted by Gasteiger charge is 2.27. The Morgan fingerprint density at radius 3 is 2.92 bits per heavy atom.